The molecule has 4 heteroatoms. The van der Waals surface area contributed by atoms with Gasteiger partial charge >= 0.3 is 0 Å². The topological polar surface area (TPSA) is 73.3 Å². The minimum Gasteiger partial charge on any atom is -0.395 e. The summed E-state index contributed by atoms with van der Waals surface area (Å²) in [6, 6.07) is 0.553. The molecule has 0 unspecified atom stereocenters. The van der Waals surface area contributed by atoms with E-state index in [2.05, 4.69) is 18.7 Å². The van der Waals surface area contributed by atoms with Gasteiger partial charge in [0.2, 0.25) is 0 Å². The maximum Gasteiger partial charge on any atom is 0.0963 e. The van der Waals surface area contributed by atoms with Crippen LogP contribution in [0.25, 0.3) is 0 Å². The van der Waals surface area contributed by atoms with Crippen molar-refractivity contribution in [2.24, 2.45) is 11.1 Å². The van der Waals surface area contributed by atoms with Crippen LogP contribution < -0.4 is 5.73 Å². The number of hydrogen-bond acceptors (Lipinski definition) is 3. The van der Waals surface area contributed by atoms with Crippen LogP contribution in [-0.2, 0) is 0 Å². The van der Waals surface area contributed by atoms with Crippen molar-refractivity contribution < 1.29 is 5.11 Å². The monoisotopic (exact) mass is 257 g/mol. The number of nitrogens with zero attached hydrogens (tertiary/aromatic N) is 1. The van der Waals surface area contributed by atoms with Crippen LogP contribution in [0.15, 0.2) is 0 Å². The standard InChI is InChI=1S/C14H31N3O/c1-5-12(6-2)17(10-11-18)9-7-8-14(3,4)13(15)16/h12,18H,5-11H2,1-4H3,(H3,15,16). The van der Waals surface area contributed by atoms with Crippen molar-refractivity contribution in [3.63, 3.8) is 0 Å². The zero-order valence-electron chi connectivity index (χ0n) is 12.5. The summed E-state index contributed by atoms with van der Waals surface area (Å²) in [6.45, 7) is 10.4. The van der Waals surface area contributed by atoms with E-state index in [1.807, 2.05) is 13.8 Å². The lowest BCUT2D eigenvalue weighted by Gasteiger charge is -2.31. The fourth-order valence-corrected chi connectivity index (χ4v) is 2.27. The molecule has 0 spiro atoms. The van der Waals surface area contributed by atoms with Crippen LogP contribution in [0.5, 0.6) is 0 Å². The lowest BCUT2D eigenvalue weighted by molar-refractivity contribution is 0.138. The van der Waals surface area contributed by atoms with Crippen molar-refractivity contribution in [3.8, 4) is 0 Å². The fourth-order valence-electron chi connectivity index (χ4n) is 2.27. The first-order chi connectivity index (χ1) is 8.38. The van der Waals surface area contributed by atoms with Gasteiger partial charge in [-0.25, -0.2) is 0 Å². The summed E-state index contributed by atoms with van der Waals surface area (Å²) < 4.78 is 0. The Morgan fingerprint density at radius 2 is 1.83 bits per heavy atom. The molecule has 0 aromatic heterocycles. The Balaban J connectivity index is 4.23. The molecule has 0 saturated carbocycles. The molecule has 0 radical (unpaired) electrons. The van der Waals surface area contributed by atoms with Crippen molar-refractivity contribution in [3.05, 3.63) is 0 Å². The Bertz CT molecular complexity index is 237. The van der Waals surface area contributed by atoms with Crippen LogP contribution in [0.4, 0.5) is 0 Å². The molecule has 0 aromatic carbocycles. The van der Waals surface area contributed by atoms with Crippen LogP contribution in [0.2, 0.25) is 0 Å². The SMILES string of the molecule is CCC(CC)N(CCO)CCCC(C)(C)C(=N)N. The first kappa shape index (κ1) is 17.4. The summed E-state index contributed by atoms with van der Waals surface area (Å²) in [5, 5.41) is 16.7. The third kappa shape index (κ3) is 5.83. The number of nitrogens with one attached hydrogen (secondary N) is 1. The van der Waals surface area contributed by atoms with Gasteiger partial charge in [0.25, 0.3) is 0 Å². The van der Waals surface area contributed by atoms with Crippen LogP contribution in [0.1, 0.15) is 53.4 Å². The van der Waals surface area contributed by atoms with E-state index in [-0.39, 0.29) is 17.9 Å². The van der Waals surface area contributed by atoms with Gasteiger partial charge in [0.15, 0.2) is 0 Å². The molecule has 0 aliphatic rings. The van der Waals surface area contributed by atoms with E-state index in [1.54, 1.807) is 0 Å². The number of aliphatic hydroxyl groups excluding tert-OH is 1. The van der Waals surface area contributed by atoms with Gasteiger partial charge in [-0.2, -0.15) is 0 Å². The second-order valence-electron chi connectivity index (χ2n) is 5.63. The Morgan fingerprint density at radius 1 is 1.28 bits per heavy atom. The number of nitrogens with two attached hydrogens (primary N) is 1. The van der Waals surface area contributed by atoms with Gasteiger partial charge in [-0.1, -0.05) is 27.7 Å². The third-order valence-corrected chi connectivity index (χ3v) is 3.82. The van der Waals surface area contributed by atoms with Gasteiger partial charge in [-0.05, 0) is 32.2 Å². The molecule has 108 valence electrons. The molecule has 0 atom stereocenters. The van der Waals surface area contributed by atoms with Crippen LogP contribution in [0, 0.1) is 10.8 Å². The van der Waals surface area contributed by atoms with Gasteiger partial charge in [0.1, 0.15) is 0 Å². The molecule has 4 N–H and O–H groups in total. The highest BCUT2D eigenvalue weighted by atomic mass is 16.3. The first-order valence-corrected chi connectivity index (χ1v) is 7.08. The van der Waals surface area contributed by atoms with Crippen molar-refractivity contribution in [2.45, 2.75) is 59.4 Å². The average molecular weight is 257 g/mol. The van der Waals surface area contributed by atoms with E-state index >= 15 is 0 Å². The van der Waals surface area contributed by atoms with Crippen LogP contribution >= 0.6 is 0 Å². The van der Waals surface area contributed by atoms with Gasteiger partial charge in [0.05, 0.1) is 12.4 Å². The summed E-state index contributed by atoms with van der Waals surface area (Å²) in [4.78, 5) is 2.36. The molecule has 18 heavy (non-hydrogen) atoms. The zero-order valence-corrected chi connectivity index (χ0v) is 12.5. The minimum atomic E-state index is -0.210. The Hall–Kier alpha value is -0.610. The molecular formula is C14H31N3O. The Labute approximate surface area is 112 Å². The van der Waals surface area contributed by atoms with Crippen molar-refractivity contribution >= 4 is 5.84 Å². The van der Waals surface area contributed by atoms with E-state index in [0.29, 0.717) is 6.04 Å². The largest absolute Gasteiger partial charge is 0.395 e. The predicted octanol–water partition coefficient (Wildman–Crippen LogP) is 2.21. The van der Waals surface area contributed by atoms with Gasteiger partial charge < -0.3 is 10.8 Å². The van der Waals surface area contributed by atoms with Gasteiger partial charge in [-0.15, -0.1) is 0 Å². The highest BCUT2D eigenvalue weighted by molar-refractivity contribution is 5.82. The lowest BCUT2D eigenvalue weighted by Crippen LogP contribution is -2.38. The molecule has 0 aromatic rings. The number of rotatable bonds is 10. The molecule has 0 saturated heterocycles. The van der Waals surface area contributed by atoms with Crippen molar-refractivity contribution in [1.82, 2.24) is 4.90 Å². The third-order valence-electron chi connectivity index (χ3n) is 3.82. The molecule has 0 aliphatic heterocycles. The second-order valence-corrected chi connectivity index (χ2v) is 5.63. The van der Waals surface area contributed by atoms with E-state index in [1.165, 1.54) is 0 Å². The summed E-state index contributed by atoms with van der Waals surface area (Å²) in [5.41, 5.74) is 5.38. The van der Waals surface area contributed by atoms with E-state index in [4.69, 9.17) is 16.2 Å². The fraction of sp³-hybridized carbons (Fsp3) is 0.929. The second kappa shape index (κ2) is 8.48. The summed E-state index contributed by atoms with van der Waals surface area (Å²) in [6.07, 6.45) is 4.17. The quantitative estimate of drug-likeness (QED) is 0.415. The molecular weight excluding hydrogens is 226 g/mol. The smallest absolute Gasteiger partial charge is 0.0963 e. The molecule has 0 bridgehead atoms. The lowest BCUT2D eigenvalue weighted by atomic mass is 9.86. The average Bonchev–Trinajstić information content (AvgIpc) is 2.30. The molecule has 4 nitrogen and oxygen atoms in total. The summed E-state index contributed by atoms with van der Waals surface area (Å²) in [5.74, 6) is 0.263. The molecule has 0 fully saturated rings. The number of hydrogen-bond donors (Lipinski definition) is 3. The van der Waals surface area contributed by atoms with Gasteiger partial charge in [0, 0.05) is 18.0 Å². The van der Waals surface area contributed by atoms with Gasteiger partial charge in [-0.3, -0.25) is 10.3 Å². The Kier molecular flexibility index (Phi) is 8.20. The van der Waals surface area contributed by atoms with Crippen molar-refractivity contribution in [2.75, 3.05) is 19.7 Å². The number of amidine groups is 1. The zero-order chi connectivity index (χ0) is 14.2. The minimum absolute atomic E-state index is 0.210. The normalized spacial score (nSPS) is 12.4. The van der Waals surface area contributed by atoms with E-state index in [0.717, 1.165) is 38.8 Å². The van der Waals surface area contributed by atoms with E-state index in [9.17, 15) is 0 Å². The summed E-state index contributed by atoms with van der Waals surface area (Å²) in [7, 11) is 0. The molecule has 0 amide bonds. The highest BCUT2D eigenvalue weighted by Gasteiger charge is 2.22. The predicted molar refractivity (Wildman–Crippen MR) is 78.0 cm³/mol. The first-order valence-electron chi connectivity index (χ1n) is 7.08. The highest BCUT2D eigenvalue weighted by Crippen LogP contribution is 2.22. The Morgan fingerprint density at radius 3 is 2.22 bits per heavy atom. The molecule has 0 aliphatic carbocycles. The van der Waals surface area contributed by atoms with E-state index < -0.39 is 0 Å². The maximum atomic E-state index is 9.13. The van der Waals surface area contributed by atoms with Crippen LogP contribution in [0.3, 0.4) is 0 Å². The summed E-state index contributed by atoms with van der Waals surface area (Å²) >= 11 is 0. The maximum absolute atomic E-state index is 9.13. The van der Waals surface area contributed by atoms with Crippen molar-refractivity contribution in [1.29, 1.82) is 5.41 Å². The molecule has 0 rings (SSSR count). The molecule has 0 heterocycles. The van der Waals surface area contributed by atoms with Crippen LogP contribution in [-0.4, -0.2) is 41.6 Å². The number of aliphatic hydroxyl groups is 1.